The Morgan fingerprint density at radius 2 is 1.89 bits per heavy atom. The van der Waals surface area contributed by atoms with Crippen LogP contribution in [0.4, 0.5) is 15.8 Å². The first-order valence-electron chi connectivity index (χ1n) is 13.9. The molecule has 5 heterocycles. The zero-order valence-electron chi connectivity index (χ0n) is 23.3. The maximum atomic E-state index is 15.0. The summed E-state index contributed by atoms with van der Waals surface area (Å²) in [6.07, 6.45) is 4.51. The molecule has 6 aromatic rings. The lowest BCUT2D eigenvalue weighted by Gasteiger charge is -2.32. The molecule has 1 aliphatic rings. The van der Waals surface area contributed by atoms with Crippen molar-refractivity contribution in [3.8, 4) is 11.3 Å². The predicted octanol–water partition coefficient (Wildman–Crippen LogP) is 4.97. The van der Waals surface area contributed by atoms with Gasteiger partial charge in [-0.2, -0.15) is 0 Å². The van der Waals surface area contributed by atoms with Crippen molar-refractivity contribution in [2.45, 2.75) is 18.9 Å². The minimum absolute atomic E-state index is 0.116. The normalized spacial score (nSPS) is 15.3. The zero-order valence-corrected chi connectivity index (χ0v) is 24.9. The fraction of sp³-hybridized carbons (Fsp3) is 0.161. The third-order valence-electron chi connectivity index (χ3n) is 7.82. The van der Waals surface area contributed by atoms with Gasteiger partial charge in [-0.1, -0.05) is 27.2 Å². The van der Waals surface area contributed by atoms with Gasteiger partial charge in [0.05, 0.1) is 11.6 Å². The third kappa shape index (κ3) is 4.74. The fourth-order valence-electron chi connectivity index (χ4n) is 5.56. The van der Waals surface area contributed by atoms with Crippen LogP contribution in [0.5, 0.6) is 0 Å². The van der Waals surface area contributed by atoms with Crippen molar-refractivity contribution in [2.24, 2.45) is 7.05 Å². The second kappa shape index (κ2) is 10.8. The van der Waals surface area contributed by atoms with Gasteiger partial charge in [-0.25, -0.2) is 14.1 Å². The molecule has 0 bridgehead atoms. The van der Waals surface area contributed by atoms with Gasteiger partial charge in [0.15, 0.2) is 0 Å². The van der Waals surface area contributed by atoms with Crippen LogP contribution in [0.3, 0.4) is 0 Å². The Balaban J connectivity index is 1.14. The van der Waals surface area contributed by atoms with Crippen molar-refractivity contribution in [2.75, 3.05) is 16.8 Å². The summed E-state index contributed by atoms with van der Waals surface area (Å²) in [4.78, 5) is 46.0. The van der Waals surface area contributed by atoms with Crippen LogP contribution < -0.4 is 15.8 Å². The SMILES string of the molecule is Cn1c(C(=O)Nc2ccc(F)c(-c3cn(C4CCCN(c5ccc(Br)cc5)C4=O)nn3)c2)cc2c(=O)n3ccccc3nc21. The number of nitrogens with zero attached hydrogens (tertiary/aromatic N) is 7. The Morgan fingerprint density at radius 3 is 2.70 bits per heavy atom. The summed E-state index contributed by atoms with van der Waals surface area (Å²) in [6, 6.07) is 17.8. The van der Waals surface area contributed by atoms with E-state index in [0.717, 1.165) is 16.6 Å². The minimum atomic E-state index is -0.583. The zero-order chi connectivity index (χ0) is 30.5. The van der Waals surface area contributed by atoms with Gasteiger partial charge in [0.2, 0.25) is 0 Å². The highest BCUT2D eigenvalue weighted by Crippen LogP contribution is 2.30. The van der Waals surface area contributed by atoms with Gasteiger partial charge < -0.3 is 14.8 Å². The Labute approximate surface area is 257 Å². The number of aromatic nitrogens is 6. The first-order chi connectivity index (χ1) is 21.3. The maximum absolute atomic E-state index is 15.0. The van der Waals surface area contributed by atoms with E-state index in [9.17, 15) is 14.4 Å². The molecule has 2 amide bonds. The summed E-state index contributed by atoms with van der Waals surface area (Å²) < 4.78 is 20.4. The number of hydrogen-bond acceptors (Lipinski definition) is 6. The molecule has 1 aliphatic heterocycles. The van der Waals surface area contributed by atoms with E-state index in [1.165, 1.54) is 33.3 Å². The van der Waals surface area contributed by atoms with E-state index >= 15 is 4.39 Å². The van der Waals surface area contributed by atoms with Crippen molar-refractivity contribution in [3.05, 3.63) is 105 Å². The smallest absolute Gasteiger partial charge is 0.272 e. The average molecular weight is 655 g/mol. The highest BCUT2D eigenvalue weighted by molar-refractivity contribution is 9.10. The molecular weight excluding hydrogens is 631 g/mol. The first kappa shape index (κ1) is 27.7. The second-order valence-corrected chi connectivity index (χ2v) is 11.4. The number of benzene rings is 2. The summed E-state index contributed by atoms with van der Waals surface area (Å²) >= 11 is 3.42. The molecule has 13 heteroatoms. The van der Waals surface area contributed by atoms with Crippen LogP contribution in [0.25, 0.3) is 27.9 Å². The molecule has 44 heavy (non-hydrogen) atoms. The summed E-state index contributed by atoms with van der Waals surface area (Å²) in [5.41, 5.74) is 2.21. The molecule has 0 saturated carbocycles. The number of anilines is 2. The average Bonchev–Trinajstić information content (AvgIpc) is 3.64. The molecule has 4 aromatic heterocycles. The van der Waals surface area contributed by atoms with Crippen molar-refractivity contribution >= 4 is 55.8 Å². The number of carbonyl (C=O) groups excluding carboxylic acids is 2. The number of rotatable bonds is 5. The number of hydrogen-bond donors (Lipinski definition) is 1. The van der Waals surface area contributed by atoms with Crippen LogP contribution in [0.2, 0.25) is 0 Å². The highest BCUT2D eigenvalue weighted by atomic mass is 79.9. The van der Waals surface area contributed by atoms with Crippen LogP contribution in [0.1, 0.15) is 29.4 Å². The number of nitrogens with one attached hydrogen (secondary N) is 1. The van der Waals surface area contributed by atoms with Gasteiger partial charge in [-0.05, 0) is 73.5 Å². The molecule has 1 N–H and O–H groups in total. The van der Waals surface area contributed by atoms with Gasteiger partial charge in [0.25, 0.3) is 17.4 Å². The molecular formula is C31H24BrFN8O3. The van der Waals surface area contributed by atoms with Crippen molar-refractivity contribution in [1.82, 2.24) is 28.9 Å². The Bertz CT molecular complexity index is 2150. The molecule has 2 aromatic carbocycles. The van der Waals surface area contributed by atoms with Gasteiger partial charge >= 0.3 is 0 Å². The molecule has 0 radical (unpaired) electrons. The Hall–Kier alpha value is -5.17. The fourth-order valence-corrected chi connectivity index (χ4v) is 5.83. The minimum Gasteiger partial charge on any atom is -0.324 e. The third-order valence-corrected chi connectivity index (χ3v) is 8.35. The number of halogens is 2. The Kier molecular flexibility index (Phi) is 6.81. The van der Waals surface area contributed by atoms with Crippen LogP contribution >= 0.6 is 15.9 Å². The molecule has 220 valence electrons. The topological polar surface area (TPSA) is 119 Å². The molecule has 1 unspecified atom stereocenters. The number of pyridine rings is 1. The van der Waals surface area contributed by atoms with Crippen LogP contribution in [-0.4, -0.2) is 47.3 Å². The van der Waals surface area contributed by atoms with E-state index in [4.69, 9.17) is 0 Å². The second-order valence-electron chi connectivity index (χ2n) is 10.5. The van der Waals surface area contributed by atoms with E-state index in [1.54, 1.807) is 47.1 Å². The van der Waals surface area contributed by atoms with E-state index in [2.05, 4.69) is 36.5 Å². The number of aryl methyl sites for hydroxylation is 1. The Morgan fingerprint density at radius 1 is 1.07 bits per heavy atom. The van der Waals surface area contributed by atoms with Crippen LogP contribution in [-0.2, 0) is 11.8 Å². The number of carbonyl (C=O) groups is 2. The number of piperidine rings is 1. The monoisotopic (exact) mass is 654 g/mol. The van der Waals surface area contributed by atoms with Crippen molar-refractivity contribution in [3.63, 3.8) is 0 Å². The number of amides is 2. The van der Waals surface area contributed by atoms with Crippen molar-refractivity contribution < 1.29 is 14.0 Å². The molecule has 0 spiro atoms. The molecule has 7 rings (SSSR count). The maximum Gasteiger partial charge on any atom is 0.272 e. The largest absolute Gasteiger partial charge is 0.324 e. The van der Waals surface area contributed by atoms with E-state index in [0.29, 0.717) is 35.3 Å². The van der Waals surface area contributed by atoms with Gasteiger partial charge in [0.1, 0.15) is 34.5 Å². The predicted molar refractivity (Wildman–Crippen MR) is 166 cm³/mol. The summed E-state index contributed by atoms with van der Waals surface area (Å²) in [5.74, 6) is -1.18. The van der Waals surface area contributed by atoms with E-state index in [-0.39, 0.29) is 28.4 Å². The van der Waals surface area contributed by atoms with Gasteiger partial charge in [-0.15, -0.1) is 5.10 Å². The molecule has 0 aliphatic carbocycles. The highest BCUT2D eigenvalue weighted by Gasteiger charge is 2.32. The first-order valence-corrected chi connectivity index (χ1v) is 14.6. The standard InChI is InChI=1S/C31H24BrFN8O3/c1-38-26(16-22-28(38)35-27-6-2-3-13-40(27)30(22)43)29(42)34-19-9-12-23(33)21(15-19)24-17-41(37-36-24)25-5-4-14-39(31(25)44)20-10-7-18(32)8-11-20/h2-3,6-13,15-17,25H,4-5,14H2,1H3,(H,34,42). The van der Waals surface area contributed by atoms with Crippen molar-refractivity contribution in [1.29, 1.82) is 0 Å². The lowest BCUT2D eigenvalue weighted by molar-refractivity contribution is -0.123. The van der Waals surface area contributed by atoms with Gasteiger partial charge in [0, 0.05) is 41.2 Å². The summed E-state index contributed by atoms with van der Waals surface area (Å²) in [6.45, 7) is 0.590. The molecule has 1 saturated heterocycles. The van der Waals surface area contributed by atoms with Crippen LogP contribution in [0.15, 0.2) is 88.4 Å². The molecule has 1 fully saturated rings. The number of fused-ring (bicyclic) bond motifs is 2. The lowest BCUT2D eigenvalue weighted by atomic mass is 10.0. The molecule has 11 nitrogen and oxygen atoms in total. The van der Waals surface area contributed by atoms with Gasteiger partial charge in [-0.3, -0.25) is 18.8 Å². The quantitative estimate of drug-likeness (QED) is 0.280. The summed E-state index contributed by atoms with van der Waals surface area (Å²) in [7, 11) is 1.65. The van der Waals surface area contributed by atoms with Crippen LogP contribution in [0, 0.1) is 5.82 Å². The van der Waals surface area contributed by atoms with E-state index in [1.807, 2.05) is 24.3 Å². The molecule has 1 atom stereocenters. The van der Waals surface area contributed by atoms with E-state index < -0.39 is 17.8 Å². The lowest BCUT2D eigenvalue weighted by Crippen LogP contribution is -2.42. The summed E-state index contributed by atoms with van der Waals surface area (Å²) in [5, 5.41) is 11.4.